The number of benzene rings is 1. The highest BCUT2D eigenvalue weighted by molar-refractivity contribution is 7.99. The summed E-state index contributed by atoms with van der Waals surface area (Å²) >= 11 is 1.50. The van der Waals surface area contributed by atoms with Crippen LogP contribution in [0.3, 0.4) is 0 Å². The van der Waals surface area contributed by atoms with Crippen LogP contribution in [-0.2, 0) is 20.1 Å². The van der Waals surface area contributed by atoms with Crippen LogP contribution in [0.25, 0.3) is 0 Å². The zero-order valence-electron chi connectivity index (χ0n) is 13.7. The lowest BCUT2D eigenvalue weighted by Gasteiger charge is -2.22. The van der Waals surface area contributed by atoms with Gasteiger partial charge in [0.05, 0.1) is 5.75 Å². The highest BCUT2D eigenvalue weighted by atomic mass is 32.2. The number of nitrogens with one attached hydrogen (secondary N) is 1. The third kappa shape index (κ3) is 7.08. The molecule has 0 unspecified atom stereocenters. The Bertz CT molecular complexity index is 527. The zero-order valence-corrected chi connectivity index (χ0v) is 14.5. The monoisotopic (exact) mass is 335 g/mol. The number of carbonyl (C=O) groups is 2. The highest BCUT2D eigenvalue weighted by Crippen LogP contribution is 2.17. The van der Waals surface area contributed by atoms with Gasteiger partial charge in [0.15, 0.2) is 6.61 Å². The van der Waals surface area contributed by atoms with E-state index in [2.05, 4.69) is 11.4 Å². The molecule has 5 heteroatoms. The van der Waals surface area contributed by atoms with Crippen molar-refractivity contribution in [1.29, 1.82) is 0 Å². The molecule has 0 saturated heterocycles. The minimum atomic E-state index is -0.332. The second-order valence-corrected chi connectivity index (χ2v) is 7.03. The van der Waals surface area contributed by atoms with Gasteiger partial charge in [-0.2, -0.15) is 0 Å². The van der Waals surface area contributed by atoms with Crippen LogP contribution in [0.5, 0.6) is 0 Å². The first-order chi connectivity index (χ1) is 11.1. The van der Waals surface area contributed by atoms with Crippen LogP contribution in [0.2, 0.25) is 0 Å². The molecule has 1 aromatic rings. The molecule has 0 spiro atoms. The summed E-state index contributed by atoms with van der Waals surface area (Å²) in [6.45, 7) is 1.88. The maximum Gasteiger partial charge on any atom is 0.316 e. The van der Waals surface area contributed by atoms with Gasteiger partial charge in [-0.3, -0.25) is 9.59 Å². The Kier molecular flexibility index (Phi) is 7.46. The van der Waals surface area contributed by atoms with Crippen LogP contribution >= 0.6 is 11.8 Å². The van der Waals surface area contributed by atoms with Gasteiger partial charge < -0.3 is 10.1 Å². The third-order valence-electron chi connectivity index (χ3n) is 3.91. The van der Waals surface area contributed by atoms with Crippen LogP contribution < -0.4 is 5.32 Å². The second-order valence-electron chi connectivity index (χ2n) is 6.04. The fraction of sp³-hybridized carbons (Fsp3) is 0.556. The molecular weight excluding hydrogens is 310 g/mol. The maximum absolute atomic E-state index is 11.8. The molecule has 1 fully saturated rings. The lowest BCUT2D eigenvalue weighted by molar-refractivity contribution is -0.146. The van der Waals surface area contributed by atoms with E-state index in [0.29, 0.717) is 0 Å². The standard InChI is InChI=1S/C18H25NO3S/c1-14-6-5-7-15(10-14)12-23-13-18(21)22-11-17(20)19-16-8-3-2-4-9-16/h5-7,10,16H,2-4,8-9,11-13H2,1H3,(H,19,20). The zero-order chi connectivity index (χ0) is 16.5. The maximum atomic E-state index is 11.8. The first-order valence-electron chi connectivity index (χ1n) is 8.22. The van der Waals surface area contributed by atoms with Crippen LogP contribution in [0.4, 0.5) is 0 Å². The fourth-order valence-corrected chi connectivity index (χ4v) is 3.53. The fourth-order valence-electron chi connectivity index (χ4n) is 2.76. The molecule has 0 heterocycles. The molecule has 0 aliphatic heterocycles. The molecule has 4 nitrogen and oxygen atoms in total. The van der Waals surface area contributed by atoms with E-state index in [1.165, 1.54) is 42.2 Å². The van der Waals surface area contributed by atoms with Crippen molar-refractivity contribution in [2.24, 2.45) is 0 Å². The van der Waals surface area contributed by atoms with Gasteiger partial charge in [-0.15, -0.1) is 11.8 Å². The Hall–Kier alpha value is -1.49. The van der Waals surface area contributed by atoms with Crippen molar-refractivity contribution in [1.82, 2.24) is 5.32 Å². The number of aryl methyl sites for hydroxylation is 1. The van der Waals surface area contributed by atoms with Gasteiger partial charge in [-0.05, 0) is 25.3 Å². The minimum Gasteiger partial charge on any atom is -0.455 e. The first-order valence-corrected chi connectivity index (χ1v) is 9.37. The van der Waals surface area contributed by atoms with Crippen molar-refractivity contribution in [3.8, 4) is 0 Å². The second kappa shape index (κ2) is 9.60. The Morgan fingerprint density at radius 3 is 2.78 bits per heavy atom. The molecule has 0 atom stereocenters. The molecular formula is C18H25NO3S. The first kappa shape index (κ1) is 17.9. The number of rotatable bonds is 7. The molecule has 1 aromatic carbocycles. The summed E-state index contributed by atoms with van der Waals surface area (Å²) in [4.78, 5) is 23.4. The third-order valence-corrected chi connectivity index (χ3v) is 4.88. The number of thioether (sulfide) groups is 1. The molecule has 1 amide bonds. The van der Waals surface area contributed by atoms with Gasteiger partial charge in [0.2, 0.25) is 0 Å². The van der Waals surface area contributed by atoms with Gasteiger partial charge in [0.1, 0.15) is 0 Å². The summed E-state index contributed by atoms with van der Waals surface area (Å²) in [6.07, 6.45) is 5.65. The van der Waals surface area contributed by atoms with Gasteiger partial charge in [0, 0.05) is 11.8 Å². The molecule has 1 saturated carbocycles. The average molecular weight is 335 g/mol. The topological polar surface area (TPSA) is 55.4 Å². The van der Waals surface area contributed by atoms with Crippen LogP contribution in [0.1, 0.15) is 43.2 Å². The lowest BCUT2D eigenvalue weighted by atomic mass is 9.95. The van der Waals surface area contributed by atoms with Crippen molar-refractivity contribution in [3.63, 3.8) is 0 Å². The predicted octanol–water partition coefficient (Wildman–Crippen LogP) is 3.22. The molecule has 23 heavy (non-hydrogen) atoms. The summed E-state index contributed by atoms with van der Waals surface area (Å²) < 4.78 is 5.04. The number of ether oxygens (including phenoxy) is 1. The Morgan fingerprint density at radius 2 is 2.04 bits per heavy atom. The molecule has 1 aliphatic carbocycles. The summed E-state index contributed by atoms with van der Waals surface area (Å²) in [7, 11) is 0. The van der Waals surface area contributed by atoms with E-state index in [0.717, 1.165) is 18.6 Å². The van der Waals surface area contributed by atoms with E-state index in [4.69, 9.17) is 4.74 Å². The van der Waals surface area contributed by atoms with Crippen molar-refractivity contribution < 1.29 is 14.3 Å². The van der Waals surface area contributed by atoms with E-state index >= 15 is 0 Å². The number of hydrogen-bond donors (Lipinski definition) is 1. The SMILES string of the molecule is Cc1cccc(CSCC(=O)OCC(=O)NC2CCCCC2)c1. The van der Waals surface area contributed by atoms with Gasteiger partial charge in [-0.1, -0.05) is 49.1 Å². The molecule has 0 bridgehead atoms. The van der Waals surface area contributed by atoms with E-state index in [1.807, 2.05) is 25.1 Å². The molecule has 126 valence electrons. The highest BCUT2D eigenvalue weighted by Gasteiger charge is 2.16. The van der Waals surface area contributed by atoms with Gasteiger partial charge in [0.25, 0.3) is 5.91 Å². The molecule has 1 N–H and O–H groups in total. The average Bonchev–Trinajstić information content (AvgIpc) is 2.54. The lowest BCUT2D eigenvalue weighted by Crippen LogP contribution is -2.38. The largest absolute Gasteiger partial charge is 0.455 e. The number of hydrogen-bond acceptors (Lipinski definition) is 4. The summed E-state index contributed by atoms with van der Waals surface area (Å²) in [5.41, 5.74) is 2.41. The van der Waals surface area contributed by atoms with Gasteiger partial charge in [-0.25, -0.2) is 0 Å². The van der Waals surface area contributed by atoms with E-state index in [-0.39, 0.29) is 30.3 Å². The van der Waals surface area contributed by atoms with E-state index in [9.17, 15) is 9.59 Å². The quantitative estimate of drug-likeness (QED) is 0.777. The van der Waals surface area contributed by atoms with E-state index < -0.39 is 0 Å². The van der Waals surface area contributed by atoms with Crippen molar-refractivity contribution in [2.75, 3.05) is 12.4 Å². The molecule has 0 radical (unpaired) electrons. The number of esters is 1. The minimum absolute atomic E-state index is 0.166. The normalized spacial score (nSPS) is 15.2. The van der Waals surface area contributed by atoms with Crippen LogP contribution in [0, 0.1) is 6.92 Å². The smallest absolute Gasteiger partial charge is 0.316 e. The number of amides is 1. The van der Waals surface area contributed by atoms with Crippen molar-refractivity contribution in [2.45, 2.75) is 50.8 Å². The van der Waals surface area contributed by atoms with E-state index in [1.54, 1.807) is 0 Å². The predicted molar refractivity (Wildman–Crippen MR) is 93.3 cm³/mol. The van der Waals surface area contributed by atoms with Crippen molar-refractivity contribution >= 4 is 23.6 Å². The number of carbonyl (C=O) groups excluding carboxylic acids is 2. The summed E-state index contributed by atoms with van der Waals surface area (Å²) in [5.74, 6) is 0.519. The Labute approximate surface area is 142 Å². The van der Waals surface area contributed by atoms with Crippen LogP contribution in [-0.4, -0.2) is 30.3 Å². The molecule has 2 rings (SSSR count). The van der Waals surface area contributed by atoms with Gasteiger partial charge >= 0.3 is 5.97 Å². The Morgan fingerprint density at radius 1 is 1.26 bits per heavy atom. The summed E-state index contributed by atoms with van der Waals surface area (Å²) in [5, 5.41) is 2.94. The molecule has 1 aliphatic rings. The van der Waals surface area contributed by atoms with Crippen molar-refractivity contribution in [3.05, 3.63) is 35.4 Å². The summed E-state index contributed by atoms with van der Waals surface area (Å²) in [6, 6.07) is 8.47. The van der Waals surface area contributed by atoms with Crippen LogP contribution in [0.15, 0.2) is 24.3 Å². The Balaban J connectivity index is 1.58. The molecule has 0 aromatic heterocycles.